The topological polar surface area (TPSA) is 75.5 Å². The summed E-state index contributed by atoms with van der Waals surface area (Å²) in [6.07, 6.45) is 5.20. The minimum absolute atomic E-state index is 0.0968. The van der Waals surface area contributed by atoms with Crippen molar-refractivity contribution < 1.29 is 14.6 Å². The molecule has 1 aliphatic heterocycles. The number of carbonyl (C=O) groups is 1. The molecule has 1 saturated heterocycles. The fourth-order valence-electron chi connectivity index (χ4n) is 1.78. The largest absolute Gasteiger partial charge is 0.462 e. The van der Waals surface area contributed by atoms with Gasteiger partial charge in [-0.3, -0.25) is 0 Å². The summed E-state index contributed by atoms with van der Waals surface area (Å²) in [5, 5.41) is 17.4. The van der Waals surface area contributed by atoms with E-state index in [-0.39, 0.29) is 30.4 Å². The summed E-state index contributed by atoms with van der Waals surface area (Å²) in [4.78, 5) is 13.5. The van der Waals surface area contributed by atoms with Crippen molar-refractivity contribution in [3.05, 3.63) is 16.8 Å². The number of hydrogen-bond donors (Lipinski definition) is 1. The van der Waals surface area contributed by atoms with Crippen LogP contribution in [0.5, 0.6) is 0 Å². The fourth-order valence-corrected chi connectivity index (χ4v) is 1.93. The molecular weight excluding hydrogens is 270 g/mol. The van der Waals surface area contributed by atoms with Crippen LogP contribution in [-0.4, -0.2) is 46.6 Å². The Morgan fingerprint density at radius 3 is 2.95 bits per heavy atom. The molecule has 0 radical (unpaired) electrons. The first-order chi connectivity index (χ1) is 8.99. The number of rotatable bonds is 3. The first-order valence-corrected chi connectivity index (χ1v) is 6.02. The van der Waals surface area contributed by atoms with Crippen LogP contribution in [0, 0.1) is 12.3 Å². The predicted molar refractivity (Wildman–Crippen MR) is 69.0 cm³/mol. The lowest BCUT2D eigenvalue weighted by Gasteiger charge is -2.43. The molecule has 0 spiro atoms. The van der Waals surface area contributed by atoms with Crippen molar-refractivity contribution >= 4 is 23.4 Å². The minimum Gasteiger partial charge on any atom is -0.462 e. The van der Waals surface area contributed by atoms with Crippen LogP contribution in [0.25, 0.3) is 0 Å². The number of aliphatic hydroxyl groups is 1. The Labute approximate surface area is 115 Å². The highest BCUT2D eigenvalue weighted by Crippen LogP contribution is 2.29. The van der Waals surface area contributed by atoms with Crippen LogP contribution in [0.15, 0.2) is 6.07 Å². The summed E-state index contributed by atoms with van der Waals surface area (Å²) in [6, 6.07) is 1.38. The van der Waals surface area contributed by atoms with Crippen LogP contribution >= 0.6 is 11.6 Å². The molecule has 1 aliphatic rings. The van der Waals surface area contributed by atoms with E-state index in [1.807, 2.05) is 0 Å². The van der Waals surface area contributed by atoms with Gasteiger partial charge in [0.25, 0.3) is 0 Å². The van der Waals surface area contributed by atoms with Gasteiger partial charge in [0.2, 0.25) is 0 Å². The van der Waals surface area contributed by atoms with Gasteiger partial charge < -0.3 is 14.7 Å². The Bertz CT molecular complexity index is 550. The van der Waals surface area contributed by atoms with Gasteiger partial charge in [-0.15, -0.1) is 16.6 Å². The fraction of sp³-hybridized carbons (Fsp3) is 0.417. The van der Waals surface area contributed by atoms with E-state index in [2.05, 4.69) is 16.1 Å². The zero-order valence-corrected chi connectivity index (χ0v) is 11.0. The second kappa shape index (κ2) is 5.03. The van der Waals surface area contributed by atoms with Crippen LogP contribution in [0.4, 0.5) is 5.82 Å². The van der Waals surface area contributed by atoms with Crippen molar-refractivity contribution in [3.8, 4) is 12.3 Å². The van der Waals surface area contributed by atoms with E-state index in [0.717, 1.165) is 0 Å². The van der Waals surface area contributed by atoms with Crippen LogP contribution in [-0.2, 0) is 4.74 Å². The number of esters is 1. The van der Waals surface area contributed by atoms with Crippen molar-refractivity contribution in [2.24, 2.45) is 0 Å². The number of aromatic nitrogens is 2. The SMILES string of the molecule is C#CC1(O)CN(c2nnc(Cl)cc2C(=O)OCC)C1. The zero-order chi connectivity index (χ0) is 14.0. The first-order valence-electron chi connectivity index (χ1n) is 5.64. The molecule has 7 heteroatoms. The number of nitrogens with zero attached hydrogens (tertiary/aromatic N) is 3. The number of hydrogen-bond acceptors (Lipinski definition) is 6. The summed E-state index contributed by atoms with van der Waals surface area (Å²) in [7, 11) is 0. The lowest BCUT2D eigenvalue weighted by Crippen LogP contribution is -2.61. The Kier molecular flexibility index (Phi) is 3.60. The second-order valence-corrected chi connectivity index (χ2v) is 4.54. The third-order valence-corrected chi connectivity index (χ3v) is 2.90. The van der Waals surface area contributed by atoms with Gasteiger partial charge >= 0.3 is 5.97 Å². The van der Waals surface area contributed by atoms with Gasteiger partial charge in [0.15, 0.2) is 16.6 Å². The molecule has 0 amide bonds. The molecule has 1 fully saturated rings. The van der Waals surface area contributed by atoms with Gasteiger partial charge in [0, 0.05) is 0 Å². The molecule has 0 aliphatic carbocycles. The summed E-state index contributed by atoms with van der Waals surface area (Å²) >= 11 is 5.73. The number of β-amino-alcohol motifs (C(OH)–C–C–N with tert-alkyl or cyclic N) is 1. The summed E-state index contributed by atoms with van der Waals surface area (Å²) < 4.78 is 4.93. The van der Waals surface area contributed by atoms with E-state index in [4.69, 9.17) is 22.8 Å². The Morgan fingerprint density at radius 2 is 2.37 bits per heavy atom. The summed E-state index contributed by atoms with van der Waals surface area (Å²) in [5.41, 5.74) is -0.978. The van der Waals surface area contributed by atoms with Crippen molar-refractivity contribution in [1.29, 1.82) is 0 Å². The molecule has 0 bridgehead atoms. The average Bonchev–Trinajstić information content (AvgIpc) is 2.35. The van der Waals surface area contributed by atoms with Crippen molar-refractivity contribution in [2.75, 3.05) is 24.6 Å². The van der Waals surface area contributed by atoms with E-state index in [9.17, 15) is 9.90 Å². The first kappa shape index (κ1) is 13.6. The smallest absolute Gasteiger partial charge is 0.342 e. The maximum absolute atomic E-state index is 11.8. The molecule has 2 rings (SSSR count). The quantitative estimate of drug-likeness (QED) is 0.642. The highest BCUT2D eigenvalue weighted by molar-refractivity contribution is 6.29. The Balaban J connectivity index is 2.27. The lowest BCUT2D eigenvalue weighted by atomic mass is 9.95. The Hall–Kier alpha value is -1.84. The number of ether oxygens (including phenoxy) is 1. The molecule has 6 nitrogen and oxygen atoms in total. The van der Waals surface area contributed by atoms with Crippen LogP contribution in [0.2, 0.25) is 5.15 Å². The number of terminal acetylenes is 1. The molecule has 0 aromatic carbocycles. The number of anilines is 1. The van der Waals surface area contributed by atoms with Crippen molar-refractivity contribution in [2.45, 2.75) is 12.5 Å². The van der Waals surface area contributed by atoms with E-state index in [1.165, 1.54) is 6.07 Å². The van der Waals surface area contributed by atoms with Crippen molar-refractivity contribution in [3.63, 3.8) is 0 Å². The van der Waals surface area contributed by atoms with Crippen LogP contribution < -0.4 is 4.90 Å². The highest BCUT2D eigenvalue weighted by atomic mass is 35.5. The standard InChI is InChI=1S/C12H12ClN3O3/c1-3-12(18)6-16(7-12)10-8(11(17)19-4-2)5-9(13)14-15-10/h1,5,18H,4,6-7H2,2H3. The molecular formula is C12H12ClN3O3. The maximum Gasteiger partial charge on any atom is 0.342 e. The number of halogens is 1. The van der Waals surface area contributed by atoms with E-state index < -0.39 is 11.6 Å². The molecule has 19 heavy (non-hydrogen) atoms. The zero-order valence-electron chi connectivity index (χ0n) is 10.3. The summed E-state index contributed by atoms with van der Waals surface area (Å²) in [6.45, 7) is 2.32. The van der Waals surface area contributed by atoms with Crippen LogP contribution in [0.3, 0.4) is 0 Å². The van der Waals surface area contributed by atoms with Gasteiger partial charge in [-0.1, -0.05) is 17.5 Å². The molecule has 1 N–H and O–H groups in total. The third kappa shape index (κ3) is 2.62. The molecule has 1 aromatic heterocycles. The van der Waals surface area contributed by atoms with Gasteiger partial charge in [-0.2, -0.15) is 0 Å². The minimum atomic E-state index is -1.19. The second-order valence-electron chi connectivity index (χ2n) is 4.16. The van der Waals surface area contributed by atoms with E-state index in [0.29, 0.717) is 5.82 Å². The monoisotopic (exact) mass is 281 g/mol. The molecule has 0 unspecified atom stereocenters. The van der Waals surface area contributed by atoms with Crippen LogP contribution in [0.1, 0.15) is 17.3 Å². The van der Waals surface area contributed by atoms with Gasteiger partial charge in [-0.25, -0.2) is 4.79 Å². The van der Waals surface area contributed by atoms with Gasteiger partial charge in [0.05, 0.1) is 19.7 Å². The normalized spacial score (nSPS) is 16.4. The van der Waals surface area contributed by atoms with Gasteiger partial charge in [-0.05, 0) is 13.0 Å². The highest BCUT2D eigenvalue weighted by Gasteiger charge is 2.42. The predicted octanol–water partition coefficient (Wildman–Crippen LogP) is 0.491. The average molecular weight is 282 g/mol. The third-order valence-electron chi connectivity index (χ3n) is 2.71. The molecule has 0 saturated carbocycles. The molecule has 1 aromatic rings. The maximum atomic E-state index is 11.8. The van der Waals surface area contributed by atoms with E-state index in [1.54, 1.807) is 11.8 Å². The van der Waals surface area contributed by atoms with E-state index >= 15 is 0 Å². The summed E-state index contributed by atoms with van der Waals surface area (Å²) in [5.74, 6) is 2.06. The molecule has 100 valence electrons. The Morgan fingerprint density at radius 1 is 1.68 bits per heavy atom. The molecule has 0 atom stereocenters. The lowest BCUT2D eigenvalue weighted by molar-refractivity contribution is 0.0517. The molecule has 2 heterocycles. The van der Waals surface area contributed by atoms with Gasteiger partial charge in [0.1, 0.15) is 5.56 Å². The number of carbonyl (C=O) groups excluding carboxylic acids is 1. The van der Waals surface area contributed by atoms with Crippen molar-refractivity contribution in [1.82, 2.24) is 10.2 Å².